The fourth-order valence-electron chi connectivity index (χ4n) is 3.19. The van der Waals surface area contributed by atoms with E-state index in [1.54, 1.807) is 0 Å². The summed E-state index contributed by atoms with van der Waals surface area (Å²) in [6.07, 6.45) is 7.57. The van der Waals surface area contributed by atoms with Gasteiger partial charge < -0.3 is 10.6 Å². The van der Waals surface area contributed by atoms with Gasteiger partial charge in [0.05, 0.1) is 0 Å². The lowest BCUT2D eigenvalue weighted by atomic mass is 9.87. The van der Waals surface area contributed by atoms with Crippen molar-refractivity contribution in [3.63, 3.8) is 0 Å². The molecule has 1 aliphatic carbocycles. The summed E-state index contributed by atoms with van der Waals surface area (Å²) in [5, 5.41) is 0. The van der Waals surface area contributed by atoms with E-state index in [2.05, 4.69) is 30.9 Å². The fraction of sp³-hybridized carbons (Fsp3) is 0.647. The molecule has 2 N–H and O–H groups in total. The first-order valence-corrected chi connectivity index (χ1v) is 7.86. The molecule has 106 valence electrons. The average molecular weight is 260 g/mol. The lowest BCUT2D eigenvalue weighted by Gasteiger charge is -2.35. The number of unbranched alkanes of at least 4 members (excludes halogenated alkanes) is 1. The van der Waals surface area contributed by atoms with E-state index in [9.17, 15) is 0 Å². The van der Waals surface area contributed by atoms with Crippen LogP contribution in [0.25, 0.3) is 0 Å². The monoisotopic (exact) mass is 260 g/mol. The van der Waals surface area contributed by atoms with Gasteiger partial charge in [0, 0.05) is 11.7 Å². The molecule has 0 aliphatic heterocycles. The first-order valence-electron chi connectivity index (χ1n) is 7.86. The Morgan fingerprint density at radius 1 is 1.16 bits per heavy atom. The first-order chi connectivity index (χ1) is 9.24. The van der Waals surface area contributed by atoms with Gasteiger partial charge in [0.25, 0.3) is 0 Å². The van der Waals surface area contributed by atoms with Gasteiger partial charge in [0.2, 0.25) is 0 Å². The molecule has 1 atom stereocenters. The molecular weight excluding hydrogens is 232 g/mol. The predicted octanol–water partition coefficient (Wildman–Crippen LogP) is 3.64. The maximum absolute atomic E-state index is 5.93. The van der Waals surface area contributed by atoms with Crippen LogP contribution in [0.3, 0.4) is 0 Å². The largest absolute Gasteiger partial charge is 0.399 e. The van der Waals surface area contributed by atoms with Crippen molar-refractivity contribution in [1.82, 2.24) is 4.90 Å². The molecule has 2 nitrogen and oxygen atoms in total. The lowest BCUT2D eigenvalue weighted by Crippen LogP contribution is -2.40. The highest BCUT2D eigenvalue weighted by atomic mass is 15.1. The molecule has 2 heteroatoms. The summed E-state index contributed by atoms with van der Waals surface area (Å²) in [5.74, 6) is 0. The average Bonchev–Trinajstić information content (AvgIpc) is 2.42. The molecule has 0 heterocycles. The Labute approximate surface area is 118 Å². The Bertz CT molecular complexity index is 400. The van der Waals surface area contributed by atoms with Crippen LogP contribution in [0, 0.1) is 0 Å². The zero-order chi connectivity index (χ0) is 13.7. The van der Waals surface area contributed by atoms with E-state index in [4.69, 9.17) is 5.73 Å². The van der Waals surface area contributed by atoms with Crippen LogP contribution in [0.15, 0.2) is 18.2 Å². The molecule has 0 bridgehead atoms. The number of hydrogen-bond donors (Lipinski definition) is 1. The molecule has 19 heavy (non-hydrogen) atoms. The summed E-state index contributed by atoms with van der Waals surface area (Å²) in [7, 11) is 0. The van der Waals surface area contributed by atoms with E-state index in [0.29, 0.717) is 0 Å². The maximum atomic E-state index is 5.93. The number of fused-ring (bicyclic) bond motifs is 1. The molecule has 1 aromatic carbocycles. The molecule has 0 fully saturated rings. The van der Waals surface area contributed by atoms with Crippen LogP contribution in [0.2, 0.25) is 0 Å². The molecule has 0 spiro atoms. The molecule has 1 aliphatic rings. The minimum absolute atomic E-state index is 0.723. The van der Waals surface area contributed by atoms with Gasteiger partial charge in [-0.25, -0.2) is 0 Å². The highest BCUT2D eigenvalue weighted by molar-refractivity contribution is 5.46. The van der Waals surface area contributed by atoms with Crippen molar-refractivity contribution in [2.45, 2.75) is 58.4 Å². The van der Waals surface area contributed by atoms with Crippen LogP contribution < -0.4 is 5.73 Å². The van der Waals surface area contributed by atoms with E-state index in [0.717, 1.165) is 11.7 Å². The van der Waals surface area contributed by atoms with E-state index in [1.807, 2.05) is 6.07 Å². The minimum atomic E-state index is 0.723. The number of nitrogens with zero attached hydrogens (tertiary/aromatic N) is 1. The Morgan fingerprint density at radius 3 is 2.74 bits per heavy atom. The molecule has 1 aromatic rings. The highest BCUT2D eigenvalue weighted by Gasteiger charge is 2.23. The summed E-state index contributed by atoms with van der Waals surface area (Å²) in [6.45, 7) is 7.06. The van der Waals surface area contributed by atoms with Crippen molar-refractivity contribution in [3.8, 4) is 0 Å². The zero-order valence-corrected chi connectivity index (χ0v) is 12.5. The number of nitrogen functional groups attached to an aromatic ring is 1. The molecule has 0 aromatic heterocycles. The van der Waals surface area contributed by atoms with Gasteiger partial charge in [-0.15, -0.1) is 0 Å². The van der Waals surface area contributed by atoms with Crippen LogP contribution in [0.4, 0.5) is 5.69 Å². The number of anilines is 1. The quantitative estimate of drug-likeness (QED) is 0.791. The molecule has 1 unspecified atom stereocenters. The molecule has 0 amide bonds. The number of rotatable bonds is 6. The van der Waals surface area contributed by atoms with E-state index in [1.165, 1.54) is 62.7 Å². The molecule has 0 saturated carbocycles. The minimum Gasteiger partial charge on any atom is -0.399 e. The fourth-order valence-corrected chi connectivity index (χ4v) is 3.19. The molecule has 2 rings (SSSR count). The molecule has 0 saturated heterocycles. The van der Waals surface area contributed by atoms with Gasteiger partial charge in [-0.3, -0.25) is 0 Å². The molecule has 0 radical (unpaired) electrons. The third-order valence-corrected chi connectivity index (χ3v) is 4.26. The number of aryl methyl sites for hydroxylation is 1. The van der Waals surface area contributed by atoms with Gasteiger partial charge in [-0.05, 0) is 68.5 Å². The van der Waals surface area contributed by atoms with Gasteiger partial charge in [0.15, 0.2) is 0 Å². The van der Waals surface area contributed by atoms with Gasteiger partial charge in [-0.2, -0.15) is 0 Å². The summed E-state index contributed by atoms with van der Waals surface area (Å²) in [6, 6.07) is 7.17. The van der Waals surface area contributed by atoms with E-state index < -0.39 is 0 Å². The topological polar surface area (TPSA) is 29.3 Å². The van der Waals surface area contributed by atoms with Crippen molar-refractivity contribution >= 4 is 5.69 Å². The maximum Gasteiger partial charge on any atom is 0.0316 e. The Kier molecular flexibility index (Phi) is 5.26. The van der Waals surface area contributed by atoms with Crippen molar-refractivity contribution in [3.05, 3.63) is 29.3 Å². The number of hydrogen-bond acceptors (Lipinski definition) is 2. The van der Waals surface area contributed by atoms with Gasteiger partial charge in [0.1, 0.15) is 0 Å². The SMILES string of the molecule is CCCCN(CCC)C1CCc2ccc(N)cc2C1. The Balaban J connectivity index is 2.05. The van der Waals surface area contributed by atoms with Crippen LogP contribution in [0.1, 0.15) is 50.7 Å². The second kappa shape index (κ2) is 6.95. The van der Waals surface area contributed by atoms with E-state index >= 15 is 0 Å². The normalized spacial score (nSPS) is 18.6. The lowest BCUT2D eigenvalue weighted by molar-refractivity contribution is 0.177. The van der Waals surface area contributed by atoms with Crippen LogP contribution in [-0.4, -0.2) is 24.0 Å². The number of benzene rings is 1. The summed E-state index contributed by atoms with van der Waals surface area (Å²) in [4.78, 5) is 2.70. The van der Waals surface area contributed by atoms with Crippen molar-refractivity contribution in [2.75, 3.05) is 18.8 Å². The van der Waals surface area contributed by atoms with Crippen molar-refractivity contribution in [2.24, 2.45) is 0 Å². The van der Waals surface area contributed by atoms with Crippen LogP contribution in [-0.2, 0) is 12.8 Å². The standard InChI is InChI=1S/C17H28N2/c1-3-5-11-19(10-4-2)17-9-7-14-6-8-16(18)12-15(14)13-17/h6,8,12,17H,3-5,7,9-11,13,18H2,1-2H3. The summed E-state index contributed by atoms with van der Waals surface area (Å²) < 4.78 is 0. The Hall–Kier alpha value is -1.02. The summed E-state index contributed by atoms with van der Waals surface area (Å²) >= 11 is 0. The van der Waals surface area contributed by atoms with Gasteiger partial charge in [-0.1, -0.05) is 26.3 Å². The first kappa shape index (κ1) is 14.4. The van der Waals surface area contributed by atoms with Gasteiger partial charge >= 0.3 is 0 Å². The number of nitrogens with two attached hydrogens (primary N) is 1. The predicted molar refractivity (Wildman–Crippen MR) is 83.4 cm³/mol. The van der Waals surface area contributed by atoms with Crippen molar-refractivity contribution in [1.29, 1.82) is 0 Å². The van der Waals surface area contributed by atoms with Crippen LogP contribution >= 0.6 is 0 Å². The third-order valence-electron chi connectivity index (χ3n) is 4.26. The third kappa shape index (κ3) is 3.73. The second-order valence-electron chi connectivity index (χ2n) is 5.81. The highest BCUT2D eigenvalue weighted by Crippen LogP contribution is 2.26. The van der Waals surface area contributed by atoms with E-state index in [-0.39, 0.29) is 0 Å². The van der Waals surface area contributed by atoms with Crippen LogP contribution in [0.5, 0.6) is 0 Å². The Morgan fingerprint density at radius 2 is 2.00 bits per heavy atom. The molecular formula is C17H28N2. The second-order valence-corrected chi connectivity index (χ2v) is 5.81. The zero-order valence-electron chi connectivity index (χ0n) is 12.5. The summed E-state index contributed by atoms with van der Waals surface area (Å²) in [5.41, 5.74) is 9.83. The smallest absolute Gasteiger partial charge is 0.0316 e. The van der Waals surface area contributed by atoms with Crippen molar-refractivity contribution < 1.29 is 0 Å².